The van der Waals surface area contributed by atoms with E-state index in [1.165, 1.54) is 0 Å². The molecule has 0 aliphatic carbocycles. The summed E-state index contributed by atoms with van der Waals surface area (Å²) in [5.74, 6) is 0.0779. The van der Waals surface area contributed by atoms with Crippen LogP contribution < -0.4 is 5.32 Å². The number of piperidine rings is 1. The van der Waals surface area contributed by atoms with Crippen LogP contribution in [0.4, 0.5) is 4.79 Å². The lowest BCUT2D eigenvalue weighted by atomic mass is 10.1. The lowest BCUT2D eigenvalue weighted by Crippen LogP contribution is -2.48. The molecule has 0 radical (unpaired) electrons. The second kappa shape index (κ2) is 9.92. The monoisotopic (exact) mass is 381 g/mol. The third kappa shape index (κ3) is 5.99. The summed E-state index contributed by atoms with van der Waals surface area (Å²) in [6.45, 7) is 8.59. The van der Waals surface area contributed by atoms with Gasteiger partial charge in [-0.05, 0) is 31.5 Å². The van der Waals surface area contributed by atoms with Gasteiger partial charge in [0, 0.05) is 26.2 Å². The number of likely N-dealkylation sites (tertiary alicyclic amines) is 1. The van der Waals surface area contributed by atoms with Crippen molar-refractivity contribution in [3.63, 3.8) is 0 Å². The van der Waals surface area contributed by atoms with E-state index in [-0.39, 0.29) is 17.0 Å². The van der Waals surface area contributed by atoms with Gasteiger partial charge in [0.1, 0.15) is 0 Å². The topological polar surface area (TPSA) is 69.7 Å². The number of rotatable bonds is 8. The quantitative estimate of drug-likeness (QED) is 0.749. The number of carbonyl (C=O) groups excluding carboxylic acids is 1. The summed E-state index contributed by atoms with van der Waals surface area (Å²) in [6, 6.07) is 9.20. The zero-order valence-corrected chi connectivity index (χ0v) is 16.7. The van der Waals surface area contributed by atoms with Crippen molar-refractivity contribution >= 4 is 15.9 Å². The van der Waals surface area contributed by atoms with Crippen LogP contribution in [0.2, 0.25) is 0 Å². The van der Waals surface area contributed by atoms with Crippen molar-refractivity contribution in [3.8, 4) is 0 Å². The molecule has 1 aromatic carbocycles. The largest absolute Gasteiger partial charge is 0.337 e. The van der Waals surface area contributed by atoms with Crippen LogP contribution in [-0.2, 0) is 15.6 Å². The van der Waals surface area contributed by atoms with Gasteiger partial charge >= 0.3 is 6.03 Å². The van der Waals surface area contributed by atoms with E-state index in [2.05, 4.69) is 24.1 Å². The van der Waals surface area contributed by atoms with Crippen molar-refractivity contribution in [2.45, 2.75) is 37.7 Å². The Kier molecular flexibility index (Phi) is 7.90. The molecule has 0 spiro atoms. The fraction of sp³-hybridized carbons (Fsp3) is 0.632. The predicted molar refractivity (Wildman–Crippen MR) is 105 cm³/mol. The molecule has 1 saturated heterocycles. The number of benzene rings is 1. The summed E-state index contributed by atoms with van der Waals surface area (Å²) in [5, 5.41) is 2.58. The maximum absolute atomic E-state index is 12.6. The Morgan fingerprint density at radius 3 is 2.35 bits per heavy atom. The van der Waals surface area contributed by atoms with E-state index in [0.717, 1.165) is 25.2 Å². The van der Waals surface area contributed by atoms with Crippen LogP contribution in [0, 0.1) is 0 Å². The van der Waals surface area contributed by atoms with Crippen LogP contribution in [0.15, 0.2) is 30.3 Å². The van der Waals surface area contributed by atoms with Gasteiger partial charge in [0.2, 0.25) is 0 Å². The first-order chi connectivity index (χ1) is 12.5. The minimum absolute atomic E-state index is 0.0779. The van der Waals surface area contributed by atoms with E-state index in [1.54, 1.807) is 4.90 Å². The lowest BCUT2D eigenvalue weighted by molar-refractivity contribution is 0.184. The van der Waals surface area contributed by atoms with Gasteiger partial charge in [-0.3, -0.25) is 0 Å². The fourth-order valence-electron chi connectivity index (χ4n) is 3.31. The van der Waals surface area contributed by atoms with E-state index >= 15 is 0 Å². The lowest BCUT2D eigenvalue weighted by Gasteiger charge is -2.32. The smallest absolute Gasteiger partial charge is 0.317 e. The molecule has 0 unspecified atom stereocenters. The molecular formula is C19H31N3O3S. The van der Waals surface area contributed by atoms with Crippen LogP contribution >= 0.6 is 0 Å². The number of nitrogens with zero attached hydrogens (tertiary/aromatic N) is 2. The Morgan fingerprint density at radius 2 is 1.77 bits per heavy atom. The number of nitrogens with one attached hydrogen (secondary N) is 1. The van der Waals surface area contributed by atoms with Crippen molar-refractivity contribution in [3.05, 3.63) is 35.9 Å². The molecule has 0 bridgehead atoms. The molecule has 0 saturated carbocycles. The van der Waals surface area contributed by atoms with Crippen LogP contribution in [0.1, 0.15) is 32.3 Å². The Labute approximate surface area is 157 Å². The maximum Gasteiger partial charge on any atom is 0.317 e. The molecule has 0 atom stereocenters. The maximum atomic E-state index is 12.6. The first-order valence-electron chi connectivity index (χ1n) is 9.47. The molecule has 1 aliphatic rings. The van der Waals surface area contributed by atoms with E-state index in [9.17, 15) is 13.2 Å². The number of hydrogen-bond acceptors (Lipinski definition) is 4. The molecule has 146 valence electrons. The summed E-state index contributed by atoms with van der Waals surface area (Å²) >= 11 is 0. The molecule has 6 nitrogen and oxygen atoms in total. The Morgan fingerprint density at radius 1 is 1.15 bits per heavy atom. The molecule has 0 aromatic heterocycles. The minimum atomic E-state index is -3.19. The molecule has 1 aromatic rings. The zero-order valence-electron chi connectivity index (χ0n) is 15.9. The third-order valence-corrected chi connectivity index (χ3v) is 7.27. The van der Waals surface area contributed by atoms with Crippen LogP contribution in [-0.4, -0.2) is 68.8 Å². The van der Waals surface area contributed by atoms with Gasteiger partial charge in [-0.1, -0.05) is 44.2 Å². The Balaban J connectivity index is 1.78. The van der Waals surface area contributed by atoms with Crippen LogP contribution in [0.5, 0.6) is 0 Å². The van der Waals surface area contributed by atoms with E-state index in [1.807, 2.05) is 30.3 Å². The number of amides is 2. The van der Waals surface area contributed by atoms with Gasteiger partial charge in [0.15, 0.2) is 9.84 Å². The average Bonchev–Trinajstić information content (AvgIpc) is 2.65. The first kappa shape index (κ1) is 20.7. The minimum Gasteiger partial charge on any atom is -0.337 e. The first-order valence-corrected chi connectivity index (χ1v) is 11.2. The van der Waals surface area contributed by atoms with Gasteiger partial charge in [0.25, 0.3) is 0 Å². The SMILES string of the molecule is CCN(CC)CCNC(=O)N1CCC(S(=O)(=O)Cc2ccccc2)CC1. The molecule has 2 amide bonds. The number of likely N-dealkylation sites (N-methyl/N-ethyl adjacent to an activating group) is 1. The van der Waals surface area contributed by atoms with Crippen LogP contribution in [0.3, 0.4) is 0 Å². The normalized spacial score (nSPS) is 16.0. The fourth-order valence-corrected chi connectivity index (χ4v) is 5.14. The van der Waals surface area contributed by atoms with Crippen molar-refractivity contribution in [2.75, 3.05) is 39.3 Å². The van der Waals surface area contributed by atoms with Crippen molar-refractivity contribution in [2.24, 2.45) is 0 Å². The molecule has 1 aliphatic heterocycles. The number of urea groups is 1. The van der Waals surface area contributed by atoms with Crippen molar-refractivity contribution in [1.29, 1.82) is 0 Å². The summed E-state index contributed by atoms with van der Waals surface area (Å²) < 4.78 is 25.2. The highest BCUT2D eigenvalue weighted by molar-refractivity contribution is 7.91. The Bertz CT molecular complexity index is 652. The molecule has 1 fully saturated rings. The molecule has 7 heteroatoms. The zero-order chi connectivity index (χ0) is 19.0. The predicted octanol–water partition coefficient (Wildman–Crippen LogP) is 2.12. The summed E-state index contributed by atoms with van der Waals surface area (Å²) in [6.07, 6.45) is 1.03. The molecule has 1 N–H and O–H groups in total. The van der Waals surface area contributed by atoms with E-state index < -0.39 is 9.84 Å². The highest BCUT2D eigenvalue weighted by Gasteiger charge is 2.31. The average molecular weight is 382 g/mol. The van der Waals surface area contributed by atoms with Gasteiger partial charge in [0.05, 0.1) is 11.0 Å². The summed E-state index contributed by atoms with van der Waals surface area (Å²) in [5.41, 5.74) is 0.823. The highest BCUT2D eigenvalue weighted by Crippen LogP contribution is 2.21. The number of carbonyl (C=O) groups is 1. The summed E-state index contributed by atoms with van der Waals surface area (Å²) in [7, 11) is -3.19. The van der Waals surface area contributed by atoms with Gasteiger partial charge in [-0.2, -0.15) is 0 Å². The highest BCUT2D eigenvalue weighted by atomic mass is 32.2. The van der Waals surface area contributed by atoms with Crippen molar-refractivity contribution < 1.29 is 13.2 Å². The van der Waals surface area contributed by atoms with Gasteiger partial charge < -0.3 is 15.1 Å². The van der Waals surface area contributed by atoms with Gasteiger partial charge in [-0.25, -0.2) is 13.2 Å². The number of hydrogen-bond donors (Lipinski definition) is 1. The second-order valence-corrected chi connectivity index (χ2v) is 9.02. The standard InChI is InChI=1S/C19H31N3O3S/c1-3-21(4-2)15-12-20-19(23)22-13-10-18(11-14-22)26(24,25)16-17-8-6-5-7-9-17/h5-9,18H,3-4,10-16H2,1-2H3,(H,20,23). The van der Waals surface area contributed by atoms with E-state index in [4.69, 9.17) is 0 Å². The Hall–Kier alpha value is -1.60. The van der Waals surface area contributed by atoms with Crippen LogP contribution in [0.25, 0.3) is 0 Å². The van der Waals surface area contributed by atoms with Crippen molar-refractivity contribution in [1.82, 2.24) is 15.1 Å². The molecule has 1 heterocycles. The molecule has 2 rings (SSSR count). The molecule has 26 heavy (non-hydrogen) atoms. The summed E-state index contributed by atoms with van der Waals surface area (Å²) in [4.78, 5) is 16.2. The third-order valence-electron chi connectivity index (χ3n) is 5.05. The van der Waals surface area contributed by atoms with Gasteiger partial charge in [-0.15, -0.1) is 0 Å². The van der Waals surface area contributed by atoms with E-state index in [0.29, 0.717) is 32.5 Å². The molecular weight excluding hydrogens is 350 g/mol. The number of sulfone groups is 1. The second-order valence-electron chi connectivity index (χ2n) is 6.74.